The number of carbonyl (C=O) groups is 1. The number of likely N-dealkylation sites (N-methyl/N-ethyl adjacent to an activating group) is 1. The molecule has 0 aliphatic rings. The van der Waals surface area contributed by atoms with Gasteiger partial charge in [0, 0.05) is 38.1 Å². The van der Waals surface area contributed by atoms with E-state index < -0.39 is 0 Å². The van der Waals surface area contributed by atoms with Gasteiger partial charge in [0.25, 0.3) is 5.91 Å². The number of benzene rings is 1. The van der Waals surface area contributed by atoms with Gasteiger partial charge in [-0.15, -0.1) is 0 Å². The summed E-state index contributed by atoms with van der Waals surface area (Å²) in [6.07, 6.45) is 1.42. The van der Waals surface area contributed by atoms with Crippen LogP contribution in [0.1, 0.15) is 10.4 Å². The number of H-pyrrole nitrogens is 1. The van der Waals surface area contributed by atoms with Crippen LogP contribution in [0.4, 0.5) is 5.69 Å². The van der Waals surface area contributed by atoms with Gasteiger partial charge in [0.1, 0.15) is 0 Å². The van der Waals surface area contributed by atoms with E-state index in [4.69, 9.17) is 0 Å². The molecule has 0 radical (unpaired) electrons. The van der Waals surface area contributed by atoms with Crippen molar-refractivity contribution in [1.82, 2.24) is 10.3 Å². The minimum absolute atomic E-state index is 0.192. The maximum atomic E-state index is 11.8. The highest BCUT2D eigenvalue weighted by Crippen LogP contribution is 2.09. The van der Waals surface area contributed by atoms with Crippen molar-refractivity contribution in [3.63, 3.8) is 0 Å². The van der Waals surface area contributed by atoms with E-state index in [1.165, 1.54) is 18.3 Å². The lowest BCUT2D eigenvalue weighted by atomic mass is 10.2. The molecule has 1 aromatic carbocycles. The predicted octanol–water partition coefficient (Wildman–Crippen LogP) is 1.24. The monoisotopic (exact) mass is 271 g/mol. The topological polar surface area (TPSA) is 65.2 Å². The number of nitrogens with one attached hydrogen (secondary N) is 2. The van der Waals surface area contributed by atoms with Gasteiger partial charge in [0.2, 0.25) is 5.56 Å². The molecule has 0 spiro atoms. The average Bonchev–Trinajstić information content (AvgIpc) is 2.48. The molecule has 2 N–H and O–H groups in total. The van der Waals surface area contributed by atoms with Gasteiger partial charge in [-0.05, 0) is 18.2 Å². The van der Waals surface area contributed by atoms with Crippen LogP contribution < -0.4 is 15.8 Å². The predicted molar refractivity (Wildman–Crippen MR) is 79.1 cm³/mol. The number of carbonyl (C=O) groups excluding carboxylic acids is 1. The Balaban J connectivity index is 1.82. The van der Waals surface area contributed by atoms with E-state index in [2.05, 4.69) is 15.2 Å². The first-order valence-electron chi connectivity index (χ1n) is 6.40. The second-order valence-corrected chi connectivity index (χ2v) is 4.45. The standard InChI is InChI=1S/C15H17N3O2/c1-18(13-5-3-2-4-6-13)10-9-16-15(20)12-7-8-14(19)17-11-12/h2-8,11H,9-10H2,1H3,(H,16,20)(H,17,19). The van der Waals surface area contributed by atoms with Crippen LogP contribution in [0.25, 0.3) is 0 Å². The Morgan fingerprint density at radius 2 is 1.95 bits per heavy atom. The molecule has 0 fully saturated rings. The summed E-state index contributed by atoms with van der Waals surface area (Å²) < 4.78 is 0. The maximum Gasteiger partial charge on any atom is 0.252 e. The summed E-state index contributed by atoms with van der Waals surface area (Å²) in [5, 5.41) is 2.82. The lowest BCUT2D eigenvalue weighted by Gasteiger charge is -2.19. The highest BCUT2D eigenvalue weighted by molar-refractivity contribution is 5.93. The van der Waals surface area contributed by atoms with Gasteiger partial charge >= 0.3 is 0 Å². The molecule has 0 saturated carbocycles. The maximum absolute atomic E-state index is 11.8. The molecule has 0 aliphatic carbocycles. The van der Waals surface area contributed by atoms with E-state index in [1.807, 2.05) is 37.4 Å². The normalized spacial score (nSPS) is 10.1. The van der Waals surface area contributed by atoms with Gasteiger partial charge in [-0.25, -0.2) is 0 Å². The minimum atomic E-state index is -0.217. The molecule has 5 nitrogen and oxygen atoms in total. The minimum Gasteiger partial charge on any atom is -0.373 e. The third-order valence-corrected chi connectivity index (χ3v) is 2.98. The van der Waals surface area contributed by atoms with Crippen LogP contribution in [0.3, 0.4) is 0 Å². The molecule has 2 rings (SSSR count). The zero-order chi connectivity index (χ0) is 14.4. The van der Waals surface area contributed by atoms with Gasteiger partial charge in [0.05, 0.1) is 5.56 Å². The van der Waals surface area contributed by atoms with Crippen molar-refractivity contribution in [3.8, 4) is 0 Å². The Morgan fingerprint density at radius 3 is 2.60 bits per heavy atom. The highest BCUT2D eigenvalue weighted by Gasteiger charge is 2.05. The third-order valence-electron chi connectivity index (χ3n) is 2.98. The van der Waals surface area contributed by atoms with Crippen LogP contribution >= 0.6 is 0 Å². The number of para-hydroxylation sites is 1. The van der Waals surface area contributed by atoms with E-state index in [9.17, 15) is 9.59 Å². The van der Waals surface area contributed by atoms with E-state index in [0.29, 0.717) is 18.7 Å². The van der Waals surface area contributed by atoms with Gasteiger partial charge < -0.3 is 15.2 Å². The Kier molecular flexibility index (Phi) is 4.55. The fraction of sp³-hybridized carbons (Fsp3) is 0.200. The van der Waals surface area contributed by atoms with E-state index in [-0.39, 0.29) is 11.5 Å². The number of anilines is 1. The molecule has 1 heterocycles. The van der Waals surface area contributed by atoms with Crippen molar-refractivity contribution in [2.24, 2.45) is 0 Å². The Labute approximate surface area is 117 Å². The number of hydrogen-bond donors (Lipinski definition) is 2. The van der Waals surface area contributed by atoms with Crippen LogP contribution in [0, 0.1) is 0 Å². The van der Waals surface area contributed by atoms with Crippen molar-refractivity contribution >= 4 is 11.6 Å². The van der Waals surface area contributed by atoms with E-state index >= 15 is 0 Å². The summed E-state index contributed by atoms with van der Waals surface area (Å²) in [7, 11) is 1.97. The fourth-order valence-corrected chi connectivity index (χ4v) is 1.80. The molecule has 0 atom stereocenters. The number of rotatable bonds is 5. The first-order chi connectivity index (χ1) is 9.66. The number of pyridine rings is 1. The zero-order valence-electron chi connectivity index (χ0n) is 11.3. The molecule has 104 valence electrons. The summed E-state index contributed by atoms with van der Waals surface area (Å²) in [4.78, 5) is 27.3. The quantitative estimate of drug-likeness (QED) is 0.860. The Bertz CT molecular complexity index is 602. The van der Waals surface area contributed by atoms with Crippen LogP contribution in [-0.4, -0.2) is 31.0 Å². The van der Waals surface area contributed by atoms with Gasteiger partial charge in [-0.1, -0.05) is 18.2 Å². The summed E-state index contributed by atoms with van der Waals surface area (Å²) >= 11 is 0. The third kappa shape index (κ3) is 3.71. The van der Waals surface area contributed by atoms with Crippen LogP contribution in [-0.2, 0) is 0 Å². The van der Waals surface area contributed by atoms with Crippen LogP contribution in [0.5, 0.6) is 0 Å². The second-order valence-electron chi connectivity index (χ2n) is 4.45. The number of aromatic nitrogens is 1. The highest BCUT2D eigenvalue weighted by atomic mass is 16.1. The molecule has 1 amide bonds. The molecule has 20 heavy (non-hydrogen) atoms. The lowest BCUT2D eigenvalue weighted by Crippen LogP contribution is -2.33. The number of nitrogens with zero attached hydrogens (tertiary/aromatic N) is 1. The van der Waals surface area contributed by atoms with Crippen LogP contribution in [0.15, 0.2) is 53.5 Å². The molecule has 5 heteroatoms. The molecule has 2 aromatic rings. The molecular formula is C15H17N3O2. The van der Waals surface area contributed by atoms with Crippen LogP contribution in [0.2, 0.25) is 0 Å². The van der Waals surface area contributed by atoms with E-state index in [0.717, 1.165) is 5.69 Å². The summed E-state index contributed by atoms with van der Waals surface area (Å²) in [6, 6.07) is 12.8. The van der Waals surface area contributed by atoms with E-state index in [1.54, 1.807) is 0 Å². The number of hydrogen-bond acceptors (Lipinski definition) is 3. The molecule has 1 aromatic heterocycles. The average molecular weight is 271 g/mol. The van der Waals surface area contributed by atoms with Gasteiger partial charge in [-0.2, -0.15) is 0 Å². The van der Waals surface area contributed by atoms with Crippen molar-refractivity contribution in [3.05, 3.63) is 64.6 Å². The van der Waals surface area contributed by atoms with Crippen molar-refractivity contribution in [2.45, 2.75) is 0 Å². The Hall–Kier alpha value is -2.56. The number of amides is 1. The largest absolute Gasteiger partial charge is 0.373 e. The first-order valence-corrected chi connectivity index (χ1v) is 6.40. The van der Waals surface area contributed by atoms with Gasteiger partial charge in [-0.3, -0.25) is 9.59 Å². The summed E-state index contributed by atoms with van der Waals surface area (Å²) in [6.45, 7) is 1.24. The van der Waals surface area contributed by atoms with Crippen molar-refractivity contribution < 1.29 is 4.79 Å². The molecule has 0 unspecified atom stereocenters. The molecule has 0 aliphatic heterocycles. The number of aromatic amines is 1. The van der Waals surface area contributed by atoms with Gasteiger partial charge in [0.15, 0.2) is 0 Å². The Morgan fingerprint density at radius 1 is 1.20 bits per heavy atom. The van der Waals surface area contributed by atoms with Crippen molar-refractivity contribution in [1.29, 1.82) is 0 Å². The first kappa shape index (κ1) is 13.9. The zero-order valence-corrected chi connectivity index (χ0v) is 11.3. The smallest absolute Gasteiger partial charge is 0.252 e. The summed E-state index contributed by atoms with van der Waals surface area (Å²) in [5.41, 5.74) is 1.34. The van der Waals surface area contributed by atoms with Crippen molar-refractivity contribution in [2.75, 3.05) is 25.0 Å². The summed E-state index contributed by atoms with van der Waals surface area (Å²) in [5.74, 6) is -0.192. The molecule has 0 bridgehead atoms. The SMILES string of the molecule is CN(CCNC(=O)c1ccc(=O)[nH]c1)c1ccccc1. The lowest BCUT2D eigenvalue weighted by molar-refractivity contribution is 0.0954. The second kappa shape index (κ2) is 6.56. The molecule has 0 saturated heterocycles. The fourth-order valence-electron chi connectivity index (χ4n) is 1.80. The molecular weight excluding hydrogens is 254 g/mol.